The molecular weight excluding hydrogens is 494 g/mol. The first kappa shape index (κ1) is 25.1. The summed E-state index contributed by atoms with van der Waals surface area (Å²) in [6, 6.07) is 15.6. The fourth-order valence-electron chi connectivity index (χ4n) is 3.80. The Morgan fingerprint density at radius 1 is 0.889 bits per heavy atom. The lowest BCUT2D eigenvalue weighted by Crippen LogP contribution is -2.55. The van der Waals surface area contributed by atoms with Crippen LogP contribution in [0.4, 0.5) is 8.78 Å². The van der Waals surface area contributed by atoms with Crippen LogP contribution in [0.3, 0.4) is 0 Å². The molecule has 1 unspecified atom stereocenters. The number of methoxy groups -OCH3 is 1. The van der Waals surface area contributed by atoms with E-state index in [0.29, 0.717) is 19.3 Å². The fourth-order valence-corrected chi connectivity index (χ4v) is 4.03. The summed E-state index contributed by atoms with van der Waals surface area (Å²) in [6.45, 7) is -0.936. The van der Waals surface area contributed by atoms with Crippen LogP contribution in [0, 0.1) is 11.6 Å². The minimum Gasteiger partial charge on any atom is -0.494 e. The van der Waals surface area contributed by atoms with Crippen LogP contribution in [0.15, 0.2) is 81.1 Å². The lowest BCUT2D eigenvalue weighted by Gasteiger charge is -2.18. The van der Waals surface area contributed by atoms with E-state index in [1.807, 2.05) is 0 Å². The highest BCUT2D eigenvalue weighted by Crippen LogP contribution is 2.22. The predicted octanol–water partition coefficient (Wildman–Crippen LogP) is 2.85. The van der Waals surface area contributed by atoms with Crippen molar-refractivity contribution in [1.82, 2.24) is 13.7 Å². The van der Waals surface area contributed by atoms with Crippen molar-refractivity contribution in [1.29, 1.82) is 0 Å². The molecule has 3 aromatic carbocycles. The van der Waals surface area contributed by atoms with Gasteiger partial charge in [0.15, 0.2) is 11.6 Å². The molecule has 1 atom stereocenters. The van der Waals surface area contributed by atoms with E-state index in [2.05, 4.69) is 0 Å². The van der Waals surface area contributed by atoms with Gasteiger partial charge in [0.05, 0.1) is 25.9 Å². The van der Waals surface area contributed by atoms with Gasteiger partial charge in [-0.1, -0.05) is 54.1 Å². The first-order valence-electron chi connectivity index (χ1n) is 10.8. The molecule has 0 aliphatic carbocycles. The maximum atomic E-state index is 15.1. The van der Waals surface area contributed by atoms with E-state index in [-0.39, 0.29) is 22.9 Å². The quantitative estimate of drug-likeness (QED) is 0.409. The zero-order valence-corrected chi connectivity index (χ0v) is 19.8. The minimum atomic E-state index is -1.18. The van der Waals surface area contributed by atoms with Gasteiger partial charge < -0.3 is 10.5 Å². The van der Waals surface area contributed by atoms with Crippen LogP contribution in [-0.2, 0) is 13.1 Å². The molecule has 0 aliphatic heterocycles. The number of nitrogens with two attached hydrogens (primary N) is 1. The van der Waals surface area contributed by atoms with Crippen LogP contribution in [0.1, 0.15) is 17.2 Å². The molecule has 2 N–H and O–H groups in total. The average molecular weight is 515 g/mol. The molecular formula is C25H21ClF2N4O4. The van der Waals surface area contributed by atoms with E-state index in [9.17, 15) is 18.8 Å². The molecule has 1 aromatic heterocycles. The van der Waals surface area contributed by atoms with Gasteiger partial charge in [0.25, 0.3) is 0 Å². The number of ether oxygens (including phenoxy) is 1. The number of nitrogens with zero attached hydrogens (tertiary/aromatic N) is 3. The molecule has 0 fully saturated rings. The molecule has 0 saturated carbocycles. The van der Waals surface area contributed by atoms with Crippen LogP contribution in [-0.4, -0.2) is 20.8 Å². The molecule has 1 heterocycles. The molecule has 8 nitrogen and oxygen atoms in total. The van der Waals surface area contributed by atoms with Crippen molar-refractivity contribution in [3.63, 3.8) is 0 Å². The van der Waals surface area contributed by atoms with Gasteiger partial charge in [-0.2, -0.15) is 0 Å². The number of halogens is 3. The van der Waals surface area contributed by atoms with E-state index >= 15 is 4.39 Å². The van der Waals surface area contributed by atoms with Crippen LogP contribution in [0.5, 0.6) is 5.75 Å². The van der Waals surface area contributed by atoms with Gasteiger partial charge in [-0.25, -0.2) is 36.9 Å². The molecule has 0 aliphatic rings. The van der Waals surface area contributed by atoms with Crippen LogP contribution in [0.25, 0.3) is 5.69 Å². The van der Waals surface area contributed by atoms with Crippen molar-refractivity contribution < 1.29 is 13.5 Å². The summed E-state index contributed by atoms with van der Waals surface area (Å²) in [7, 11) is 1.23. The zero-order chi connectivity index (χ0) is 26.0. The Morgan fingerprint density at radius 3 is 2.22 bits per heavy atom. The van der Waals surface area contributed by atoms with E-state index in [1.54, 1.807) is 30.3 Å². The number of aromatic nitrogens is 3. The number of rotatable bonds is 7. The Bertz CT molecular complexity index is 1580. The molecule has 0 radical (unpaired) electrons. The van der Waals surface area contributed by atoms with Crippen molar-refractivity contribution in [2.24, 2.45) is 5.73 Å². The third kappa shape index (κ3) is 4.60. The lowest BCUT2D eigenvalue weighted by atomic mass is 10.1. The zero-order valence-electron chi connectivity index (χ0n) is 19.0. The summed E-state index contributed by atoms with van der Waals surface area (Å²) < 4.78 is 36.4. The summed E-state index contributed by atoms with van der Waals surface area (Å²) in [6.07, 6.45) is 0. The first-order valence-corrected chi connectivity index (χ1v) is 11.1. The largest absolute Gasteiger partial charge is 0.494 e. The normalized spacial score (nSPS) is 11.9. The van der Waals surface area contributed by atoms with E-state index in [0.717, 1.165) is 6.07 Å². The summed E-state index contributed by atoms with van der Waals surface area (Å²) in [5.74, 6) is -1.97. The third-order valence-electron chi connectivity index (χ3n) is 5.69. The second kappa shape index (κ2) is 10.3. The first-order chi connectivity index (χ1) is 17.2. The van der Waals surface area contributed by atoms with Crippen LogP contribution < -0.4 is 27.5 Å². The summed E-state index contributed by atoms with van der Waals surface area (Å²) in [5.41, 5.74) is 2.94. The summed E-state index contributed by atoms with van der Waals surface area (Å²) >= 11 is 6.11. The van der Waals surface area contributed by atoms with Gasteiger partial charge in [0.1, 0.15) is 5.82 Å². The lowest BCUT2D eigenvalue weighted by molar-refractivity contribution is 0.384. The van der Waals surface area contributed by atoms with E-state index < -0.39 is 47.0 Å². The van der Waals surface area contributed by atoms with E-state index in [4.69, 9.17) is 22.1 Å². The summed E-state index contributed by atoms with van der Waals surface area (Å²) in [5, 5.41) is -0.0286. The second-order valence-electron chi connectivity index (χ2n) is 7.89. The number of benzene rings is 3. The van der Waals surface area contributed by atoms with Crippen molar-refractivity contribution in [3.8, 4) is 11.4 Å². The van der Waals surface area contributed by atoms with Crippen molar-refractivity contribution in [3.05, 3.63) is 126 Å². The van der Waals surface area contributed by atoms with Crippen molar-refractivity contribution in [2.45, 2.75) is 19.1 Å². The molecule has 11 heteroatoms. The minimum absolute atomic E-state index is 0.0286. The number of hydrogen-bond acceptors (Lipinski definition) is 5. The standard InChI is InChI=1S/C25H21ClF2N4O4/c1-36-21-12-6-11-20(22(21)28)32-24(34)30(13-16-17(26)9-5-10-18(16)27)23(33)31(25(32)35)14-19(29)15-7-3-2-4-8-15/h2-12,19H,13-14,29H2,1H3. The Balaban J connectivity index is 1.99. The molecule has 4 rings (SSSR count). The van der Waals surface area contributed by atoms with Crippen LogP contribution >= 0.6 is 11.6 Å². The Morgan fingerprint density at radius 2 is 1.56 bits per heavy atom. The Labute approximate surface area is 208 Å². The Kier molecular flexibility index (Phi) is 7.18. The monoisotopic (exact) mass is 514 g/mol. The molecule has 0 spiro atoms. The maximum absolute atomic E-state index is 15.1. The van der Waals surface area contributed by atoms with Gasteiger partial charge in [-0.3, -0.25) is 0 Å². The highest BCUT2D eigenvalue weighted by molar-refractivity contribution is 6.31. The molecule has 36 heavy (non-hydrogen) atoms. The van der Waals surface area contributed by atoms with Crippen LogP contribution in [0.2, 0.25) is 5.02 Å². The highest BCUT2D eigenvalue weighted by atomic mass is 35.5. The topological polar surface area (TPSA) is 101 Å². The molecule has 186 valence electrons. The number of hydrogen-bond donors (Lipinski definition) is 1. The predicted molar refractivity (Wildman–Crippen MR) is 131 cm³/mol. The van der Waals surface area contributed by atoms with Gasteiger partial charge in [-0.05, 0) is 29.8 Å². The smallest absolute Gasteiger partial charge is 0.341 e. The maximum Gasteiger partial charge on any atom is 0.341 e. The van der Waals surface area contributed by atoms with Gasteiger partial charge in [0, 0.05) is 16.6 Å². The van der Waals surface area contributed by atoms with Gasteiger partial charge in [0.2, 0.25) is 0 Å². The third-order valence-corrected chi connectivity index (χ3v) is 6.05. The Hall–Kier alpha value is -4.02. The van der Waals surface area contributed by atoms with Crippen molar-refractivity contribution in [2.75, 3.05) is 7.11 Å². The molecule has 0 amide bonds. The average Bonchev–Trinajstić information content (AvgIpc) is 2.87. The second-order valence-corrected chi connectivity index (χ2v) is 8.30. The summed E-state index contributed by atoms with van der Waals surface area (Å²) in [4.78, 5) is 40.2. The fraction of sp³-hybridized carbons (Fsp3) is 0.160. The van der Waals surface area contributed by atoms with Gasteiger partial charge in [-0.15, -0.1) is 0 Å². The molecule has 0 saturated heterocycles. The van der Waals surface area contributed by atoms with Gasteiger partial charge >= 0.3 is 17.1 Å². The van der Waals surface area contributed by atoms with Crippen molar-refractivity contribution >= 4 is 11.6 Å². The van der Waals surface area contributed by atoms with E-state index in [1.165, 1.54) is 37.4 Å². The SMILES string of the molecule is COc1cccc(-n2c(=O)n(Cc3c(F)cccc3Cl)c(=O)n(CC(N)c3ccccc3)c2=O)c1F. The highest BCUT2D eigenvalue weighted by Gasteiger charge is 2.23. The molecule has 0 bridgehead atoms. The molecule has 4 aromatic rings.